The topological polar surface area (TPSA) is 78.9 Å². The number of esters is 3. The van der Waals surface area contributed by atoms with E-state index in [1.165, 1.54) is 161 Å². The number of ether oxygens (including phenoxy) is 3. The standard InChI is InChI=1S/C77H130O6/c1-4-7-10-13-15-17-19-21-23-25-27-29-31-33-34-35-36-37-38-39-40-41-42-44-45-47-49-51-53-55-57-59-61-64-67-70-76(79)82-73-74(72-81-75(78)69-66-63-12-9-6-3)83-77(80)71-68-65-62-60-58-56-54-52-50-48-46-43-32-30-28-26-24-22-20-18-16-14-11-8-5-2/h7-8,10-11,15-18,21-24,27-30,33-34,36-37,74H,4-6,9,12-14,19-20,25-26,31-32,35,38-73H2,1-3H3/b10-7-,11-8-,17-15-,18-16-,23-21-,24-22-,29-27-,30-28-,34-33-,37-36-. The van der Waals surface area contributed by atoms with E-state index in [1.54, 1.807) is 0 Å². The summed E-state index contributed by atoms with van der Waals surface area (Å²) < 4.78 is 16.8. The molecule has 0 fully saturated rings. The van der Waals surface area contributed by atoms with Crippen LogP contribution in [0.3, 0.4) is 0 Å². The highest BCUT2D eigenvalue weighted by Gasteiger charge is 2.19. The third-order valence-corrected chi connectivity index (χ3v) is 15.0. The van der Waals surface area contributed by atoms with Crippen molar-refractivity contribution in [1.29, 1.82) is 0 Å². The summed E-state index contributed by atoms with van der Waals surface area (Å²) in [4.78, 5) is 38.0. The molecule has 6 heteroatoms. The van der Waals surface area contributed by atoms with Gasteiger partial charge in [-0.3, -0.25) is 14.4 Å². The highest BCUT2D eigenvalue weighted by atomic mass is 16.6. The van der Waals surface area contributed by atoms with E-state index in [9.17, 15) is 14.4 Å². The summed E-state index contributed by atoms with van der Waals surface area (Å²) in [7, 11) is 0. The molecule has 0 saturated heterocycles. The van der Waals surface area contributed by atoms with Crippen molar-refractivity contribution in [2.45, 2.75) is 335 Å². The molecular formula is C77H130O6. The average Bonchev–Trinajstić information content (AvgIpc) is 3.49. The molecule has 0 aliphatic carbocycles. The van der Waals surface area contributed by atoms with Gasteiger partial charge in [0.1, 0.15) is 13.2 Å². The zero-order chi connectivity index (χ0) is 59.9. The van der Waals surface area contributed by atoms with Crippen molar-refractivity contribution in [3.63, 3.8) is 0 Å². The Labute approximate surface area is 513 Å². The number of allylic oxidation sites excluding steroid dienone is 20. The number of hydrogen-bond donors (Lipinski definition) is 0. The lowest BCUT2D eigenvalue weighted by Crippen LogP contribution is -2.30. The Bertz CT molecular complexity index is 1700. The van der Waals surface area contributed by atoms with Crippen molar-refractivity contribution in [3.8, 4) is 0 Å². The van der Waals surface area contributed by atoms with E-state index < -0.39 is 6.10 Å². The van der Waals surface area contributed by atoms with Gasteiger partial charge in [-0.1, -0.05) is 322 Å². The van der Waals surface area contributed by atoms with Gasteiger partial charge in [-0.2, -0.15) is 0 Å². The first-order valence-corrected chi connectivity index (χ1v) is 35.0. The van der Waals surface area contributed by atoms with Crippen LogP contribution >= 0.6 is 0 Å². The highest BCUT2D eigenvalue weighted by molar-refractivity contribution is 5.71. The third kappa shape index (κ3) is 68.5. The predicted molar refractivity (Wildman–Crippen MR) is 362 cm³/mol. The lowest BCUT2D eigenvalue weighted by Gasteiger charge is -2.18. The van der Waals surface area contributed by atoms with Gasteiger partial charge >= 0.3 is 17.9 Å². The van der Waals surface area contributed by atoms with Crippen molar-refractivity contribution in [2.24, 2.45) is 0 Å². The van der Waals surface area contributed by atoms with Crippen LogP contribution < -0.4 is 0 Å². The molecule has 0 radical (unpaired) electrons. The van der Waals surface area contributed by atoms with E-state index in [0.717, 1.165) is 128 Å². The molecular weight excluding hydrogens is 1020 g/mol. The second kappa shape index (κ2) is 70.3. The van der Waals surface area contributed by atoms with Crippen molar-refractivity contribution >= 4 is 17.9 Å². The van der Waals surface area contributed by atoms with E-state index in [2.05, 4.69) is 142 Å². The SMILES string of the molecule is CC/C=C\C/C=C\C/C=C\C/C=C\C/C=C\C/C=C\CCCCCCCCCCCCCCCCCCC(=O)OCC(COC(=O)CCCCCCC)OC(=O)CCCCCCCCCCCCCC/C=C\C/C=C\C/C=C\C/C=C\CC. The summed E-state index contributed by atoms with van der Waals surface area (Å²) in [6.45, 7) is 6.36. The molecule has 1 atom stereocenters. The Hall–Kier alpha value is -4.19. The van der Waals surface area contributed by atoms with Gasteiger partial charge in [0, 0.05) is 19.3 Å². The Morgan fingerprint density at radius 2 is 0.470 bits per heavy atom. The number of unbranched alkanes of at least 4 members (excludes halogenated alkanes) is 32. The summed E-state index contributed by atoms with van der Waals surface area (Å²) >= 11 is 0. The second-order valence-electron chi connectivity index (χ2n) is 23.0. The molecule has 0 spiro atoms. The first-order valence-electron chi connectivity index (χ1n) is 35.0. The Morgan fingerprint density at radius 3 is 0.735 bits per heavy atom. The molecule has 0 saturated carbocycles. The van der Waals surface area contributed by atoms with Crippen LogP contribution in [0.2, 0.25) is 0 Å². The smallest absolute Gasteiger partial charge is 0.306 e. The summed E-state index contributed by atoms with van der Waals surface area (Å²) in [6, 6.07) is 0. The molecule has 0 rings (SSSR count). The van der Waals surface area contributed by atoms with E-state index in [-0.39, 0.29) is 31.1 Å². The predicted octanol–water partition coefficient (Wildman–Crippen LogP) is 24.3. The van der Waals surface area contributed by atoms with Crippen molar-refractivity contribution in [1.82, 2.24) is 0 Å². The fraction of sp³-hybridized carbons (Fsp3) is 0.701. The van der Waals surface area contributed by atoms with E-state index in [0.29, 0.717) is 19.3 Å². The van der Waals surface area contributed by atoms with E-state index in [4.69, 9.17) is 14.2 Å². The maximum Gasteiger partial charge on any atom is 0.306 e. The first kappa shape index (κ1) is 78.8. The second-order valence-corrected chi connectivity index (χ2v) is 23.0. The van der Waals surface area contributed by atoms with Gasteiger partial charge in [-0.25, -0.2) is 0 Å². The van der Waals surface area contributed by atoms with E-state index >= 15 is 0 Å². The normalized spacial score (nSPS) is 12.9. The fourth-order valence-corrected chi connectivity index (χ4v) is 9.79. The number of carbonyl (C=O) groups excluding carboxylic acids is 3. The molecule has 474 valence electrons. The van der Waals surface area contributed by atoms with Crippen LogP contribution in [-0.4, -0.2) is 37.2 Å². The van der Waals surface area contributed by atoms with Crippen molar-refractivity contribution in [2.75, 3.05) is 13.2 Å². The highest BCUT2D eigenvalue weighted by Crippen LogP contribution is 2.17. The molecule has 0 aliphatic heterocycles. The Kier molecular flexibility index (Phi) is 66.7. The molecule has 0 bridgehead atoms. The lowest BCUT2D eigenvalue weighted by molar-refractivity contribution is -0.167. The number of carbonyl (C=O) groups is 3. The minimum atomic E-state index is -0.776. The molecule has 0 aliphatic rings. The molecule has 0 aromatic rings. The van der Waals surface area contributed by atoms with Gasteiger partial charge in [0.05, 0.1) is 0 Å². The van der Waals surface area contributed by atoms with Gasteiger partial charge in [0.15, 0.2) is 6.10 Å². The zero-order valence-electron chi connectivity index (χ0n) is 54.4. The lowest BCUT2D eigenvalue weighted by atomic mass is 10.0. The van der Waals surface area contributed by atoms with Crippen LogP contribution in [-0.2, 0) is 28.6 Å². The van der Waals surface area contributed by atoms with E-state index in [1.807, 2.05) is 0 Å². The molecule has 1 unspecified atom stereocenters. The van der Waals surface area contributed by atoms with Crippen LogP contribution in [0.5, 0.6) is 0 Å². The van der Waals surface area contributed by atoms with Crippen LogP contribution in [0.25, 0.3) is 0 Å². The van der Waals surface area contributed by atoms with Gasteiger partial charge in [0.25, 0.3) is 0 Å². The summed E-state index contributed by atoms with van der Waals surface area (Å²) in [5.41, 5.74) is 0. The monoisotopic (exact) mass is 1150 g/mol. The van der Waals surface area contributed by atoms with Crippen molar-refractivity contribution in [3.05, 3.63) is 122 Å². The summed E-state index contributed by atoms with van der Waals surface area (Å²) in [5.74, 6) is -0.882. The van der Waals surface area contributed by atoms with Gasteiger partial charge in [0.2, 0.25) is 0 Å². The Morgan fingerprint density at radius 1 is 0.253 bits per heavy atom. The van der Waals surface area contributed by atoms with Crippen molar-refractivity contribution < 1.29 is 28.6 Å². The minimum Gasteiger partial charge on any atom is -0.462 e. The van der Waals surface area contributed by atoms with Crippen LogP contribution in [0.4, 0.5) is 0 Å². The molecule has 0 aromatic carbocycles. The summed E-state index contributed by atoms with van der Waals surface area (Å²) in [5, 5.41) is 0. The third-order valence-electron chi connectivity index (χ3n) is 15.0. The molecule has 0 amide bonds. The molecule has 0 heterocycles. The summed E-state index contributed by atoms with van der Waals surface area (Å²) in [6.07, 6.45) is 98.5. The quantitative estimate of drug-likeness (QED) is 0.0261. The first-order chi connectivity index (χ1) is 41.0. The Balaban J connectivity index is 3.97. The van der Waals surface area contributed by atoms with Gasteiger partial charge < -0.3 is 14.2 Å². The largest absolute Gasteiger partial charge is 0.462 e. The van der Waals surface area contributed by atoms with Gasteiger partial charge in [-0.15, -0.1) is 0 Å². The number of rotatable bonds is 63. The molecule has 0 N–H and O–H groups in total. The van der Waals surface area contributed by atoms with Crippen LogP contribution in [0.1, 0.15) is 329 Å². The molecule has 6 nitrogen and oxygen atoms in total. The number of hydrogen-bond acceptors (Lipinski definition) is 6. The average molecular weight is 1150 g/mol. The zero-order valence-corrected chi connectivity index (χ0v) is 54.4. The van der Waals surface area contributed by atoms with Crippen LogP contribution in [0.15, 0.2) is 122 Å². The maximum atomic E-state index is 12.9. The fourth-order valence-electron chi connectivity index (χ4n) is 9.79. The van der Waals surface area contributed by atoms with Gasteiger partial charge in [-0.05, 0) is 109 Å². The minimum absolute atomic E-state index is 0.0767. The van der Waals surface area contributed by atoms with Crippen LogP contribution in [0, 0.1) is 0 Å². The maximum absolute atomic E-state index is 12.9. The molecule has 0 aromatic heterocycles. The molecule has 83 heavy (non-hydrogen) atoms.